The Labute approximate surface area is 260 Å². The highest BCUT2D eigenvalue weighted by Gasteiger charge is 2.50. The van der Waals surface area contributed by atoms with E-state index >= 15 is 0 Å². The summed E-state index contributed by atoms with van der Waals surface area (Å²) < 4.78 is 16.6. The molecule has 1 aromatic carbocycles. The number of hydrogen-bond acceptors (Lipinski definition) is 9. The lowest BCUT2D eigenvalue weighted by Gasteiger charge is -2.45. The number of unbranched alkanes of at least 4 members (excludes halogenated alkanes) is 2. The minimum atomic E-state index is -0.813. The molecular weight excluding hydrogens is 564 g/mol. The molecule has 3 N–H and O–H groups in total. The fourth-order valence-corrected chi connectivity index (χ4v) is 7.27. The predicted molar refractivity (Wildman–Crippen MR) is 166 cm³/mol. The molecule has 0 bridgehead atoms. The molecule has 0 aromatic heterocycles. The molecule has 3 fully saturated rings. The molecule has 0 spiro atoms. The van der Waals surface area contributed by atoms with Crippen LogP contribution in [0.2, 0.25) is 0 Å². The Morgan fingerprint density at radius 3 is 2.70 bits per heavy atom. The predicted octanol–water partition coefficient (Wildman–Crippen LogP) is 4.59. The second-order valence-electron chi connectivity index (χ2n) is 13.3. The van der Waals surface area contributed by atoms with Gasteiger partial charge in [-0.2, -0.15) is 0 Å². The van der Waals surface area contributed by atoms with Gasteiger partial charge in [0, 0.05) is 18.0 Å². The zero-order valence-corrected chi connectivity index (χ0v) is 26.5. The number of alkyl carbamates (subject to hydrolysis) is 1. The standard InChI is InChI=1S/C33H48N4O7/c1-20-15-16-37(28(20)21(2)38)31(40)29(33(3)18-43-19-33)36-32(41)44-27-12-8-10-22(27)9-6-5-7-11-25-30(39)35-26-17-23(42-4)13-14-24(26)34-25/h13-14,17,20,22,27-30,35,39H,5-12,15-16,18-19H2,1-4H3,(H,36,41)/t20-,22-,27?,28+,29?,30?/m1/s1. The van der Waals surface area contributed by atoms with Crippen LogP contribution in [0.1, 0.15) is 78.6 Å². The van der Waals surface area contributed by atoms with Gasteiger partial charge < -0.3 is 34.9 Å². The fraction of sp³-hybridized carbons (Fsp3) is 0.697. The van der Waals surface area contributed by atoms with E-state index in [1.165, 1.54) is 6.92 Å². The minimum Gasteiger partial charge on any atom is -0.497 e. The highest BCUT2D eigenvalue weighted by Crippen LogP contribution is 2.37. The lowest BCUT2D eigenvalue weighted by Crippen LogP contribution is -2.64. The van der Waals surface area contributed by atoms with E-state index in [-0.39, 0.29) is 29.6 Å². The number of aliphatic hydroxyl groups excluding tert-OH is 1. The fourth-order valence-electron chi connectivity index (χ4n) is 7.27. The molecule has 1 aliphatic carbocycles. The molecule has 11 nitrogen and oxygen atoms in total. The number of amides is 2. The lowest BCUT2D eigenvalue weighted by molar-refractivity contribution is -0.158. The zero-order chi connectivity index (χ0) is 31.4. The summed E-state index contributed by atoms with van der Waals surface area (Å²) in [5.74, 6) is 0.822. The number of rotatable bonds is 12. The number of fused-ring (bicyclic) bond motifs is 1. The average molecular weight is 613 g/mol. The van der Waals surface area contributed by atoms with Gasteiger partial charge in [-0.3, -0.25) is 14.6 Å². The summed E-state index contributed by atoms with van der Waals surface area (Å²) in [6.07, 6.45) is 6.54. The second kappa shape index (κ2) is 13.9. The van der Waals surface area contributed by atoms with Gasteiger partial charge >= 0.3 is 6.09 Å². The van der Waals surface area contributed by atoms with E-state index in [1.54, 1.807) is 12.0 Å². The van der Waals surface area contributed by atoms with Crippen LogP contribution in [0, 0.1) is 17.3 Å². The Morgan fingerprint density at radius 1 is 1.20 bits per heavy atom. The number of nitrogens with one attached hydrogen (secondary N) is 2. The number of aliphatic imine (C=N–C) groups is 1. The van der Waals surface area contributed by atoms with Crippen LogP contribution in [-0.2, 0) is 19.1 Å². The topological polar surface area (TPSA) is 139 Å². The van der Waals surface area contributed by atoms with Gasteiger partial charge in [0.25, 0.3) is 0 Å². The molecule has 4 aliphatic rings. The van der Waals surface area contributed by atoms with E-state index in [1.807, 2.05) is 32.0 Å². The number of carbonyl (C=O) groups is 3. The first kappa shape index (κ1) is 32.2. The number of nitrogens with zero attached hydrogens (tertiary/aromatic N) is 2. The van der Waals surface area contributed by atoms with Crippen LogP contribution in [0.15, 0.2) is 23.2 Å². The second-order valence-corrected chi connectivity index (χ2v) is 13.3. The Balaban J connectivity index is 1.10. The monoisotopic (exact) mass is 612 g/mol. The maximum atomic E-state index is 13.7. The summed E-state index contributed by atoms with van der Waals surface area (Å²) in [6.45, 7) is 6.69. The molecular formula is C33H48N4O7. The summed E-state index contributed by atoms with van der Waals surface area (Å²) in [4.78, 5) is 45.6. The van der Waals surface area contributed by atoms with E-state index in [4.69, 9.17) is 14.2 Å². The normalized spacial score (nSPS) is 27.8. The molecule has 1 saturated carbocycles. The van der Waals surface area contributed by atoms with Gasteiger partial charge in [0.1, 0.15) is 17.9 Å². The van der Waals surface area contributed by atoms with Gasteiger partial charge in [0.2, 0.25) is 5.91 Å². The first-order valence-electron chi connectivity index (χ1n) is 16.2. The van der Waals surface area contributed by atoms with Crippen LogP contribution >= 0.6 is 0 Å². The molecule has 3 aliphatic heterocycles. The van der Waals surface area contributed by atoms with Crippen LogP contribution < -0.4 is 15.4 Å². The van der Waals surface area contributed by atoms with Crippen molar-refractivity contribution in [2.45, 2.75) is 103 Å². The van der Waals surface area contributed by atoms with E-state index in [0.717, 1.165) is 68.5 Å². The van der Waals surface area contributed by atoms with Gasteiger partial charge in [0.15, 0.2) is 12.0 Å². The number of ether oxygens (including phenoxy) is 3. The maximum Gasteiger partial charge on any atom is 0.408 e. The first-order chi connectivity index (χ1) is 21.1. The van der Waals surface area contributed by atoms with Crippen molar-refractivity contribution in [3.63, 3.8) is 0 Å². The van der Waals surface area contributed by atoms with Gasteiger partial charge in [-0.15, -0.1) is 0 Å². The number of benzene rings is 1. The molecule has 44 heavy (non-hydrogen) atoms. The highest BCUT2D eigenvalue weighted by molar-refractivity contribution is 5.97. The van der Waals surface area contributed by atoms with Crippen molar-refractivity contribution in [1.82, 2.24) is 10.2 Å². The summed E-state index contributed by atoms with van der Waals surface area (Å²) in [7, 11) is 1.61. The van der Waals surface area contributed by atoms with E-state index in [9.17, 15) is 19.5 Å². The van der Waals surface area contributed by atoms with E-state index in [0.29, 0.717) is 31.9 Å². The van der Waals surface area contributed by atoms with Crippen LogP contribution in [0.25, 0.3) is 0 Å². The molecule has 11 heteroatoms. The van der Waals surface area contributed by atoms with Crippen LogP contribution in [-0.4, -0.2) is 84.8 Å². The van der Waals surface area contributed by atoms with Gasteiger partial charge in [-0.1, -0.05) is 26.7 Å². The molecule has 1 aromatic rings. The Kier molecular flexibility index (Phi) is 10.1. The van der Waals surface area contributed by atoms with Crippen LogP contribution in [0.5, 0.6) is 5.75 Å². The smallest absolute Gasteiger partial charge is 0.408 e. The lowest BCUT2D eigenvalue weighted by atomic mass is 9.79. The Morgan fingerprint density at radius 2 is 2.00 bits per heavy atom. The average Bonchev–Trinajstić information content (AvgIpc) is 3.59. The summed E-state index contributed by atoms with van der Waals surface area (Å²) in [5.41, 5.74) is 1.74. The quantitative estimate of drug-likeness (QED) is 0.292. The van der Waals surface area contributed by atoms with Crippen molar-refractivity contribution in [3.8, 4) is 5.75 Å². The molecule has 6 atom stereocenters. The number of Topliss-reactive ketones (excluding diaryl/α,β-unsaturated/α-hetero) is 1. The molecule has 242 valence electrons. The van der Waals surface area contributed by atoms with Gasteiger partial charge in [-0.25, -0.2) is 4.79 Å². The van der Waals surface area contributed by atoms with Crippen molar-refractivity contribution in [2.75, 3.05) is 32.2 Å². The first-order valence-corrected chi connectivity index (χ1v) is 16.2. The minimum absolute atomic E-state index is 0.0283. The van der Waals surface area contributed by atoms with E-state index < -0.39 is 29.8 Å². The number of ketones is 1. The molecule has 2 amide bonds. The van der Waals surface area contributed by atoms with Crippen LogP contribution in [0.3, 0.4) is 0 Å². The number of carbonyl (C=O) groups excluding carboxylic acids is 3. The molecule has 3 unspecified atom stereocenters. The largest absolute Gasteiger partial charge is 0.497 e. The molecule has 0 radical (unpaired) electrons. The Bertz CT molecular complexity index is 1250. The van der Waals surface area contributed by atoms with E-state index in [2.05, 4.69) is 15.6 Å². The third-order valence-electron chi connectivity index (χ3n) is 9.90. The number of likely N-dealkylation sites (tertiary alicyclic amines) is 1. The maximum absolute atomic E-state index is 13.7. The third-order valence-corrected chi connectivity index (χ3v) is 9.90. The summed E-state index contributed by atoms with van der Waals surface area (Å²) in [5, 5.41) is 16.5. The zero-order valence-electron chi connectivity index (χ0n) is 26.5. The summed E-state index contributed by atoms with van der Waals surface area (Å²) in [6, 6.07) is 4.31. The van der Waals surface area contributed by atoms with Crippen molar-refractivity contribution in [1.29, 1.82) is 0 Å². The van der Waals surface area contributed by atoms with Crippen LogP contribution in [0.4, 0.5) is 16.2 Å². The number of aliphatic hydroxyl groups is 1. The van der Waals surface area contributed by atoms with Gasteiger partial charge in [0.05, 0.1) is 43.5 Å². The number of anilines is 1. The number of hydrogen-bond donors (Lipinski definition) is 3. The van der Waals surface area contributed by atoms with Gasteiger partial charge in [-0.05, 0) is 75.8 Å². The van der Waals surface area contributed by atoms with Crippen molar-refractivity contribution in [2.24, 2.45) is 22.2 Å². The van der Waals surface area contributed by atoms with Crippen molar-refractivity contribution < 1.29 is 33.7 Å². The molecule has 2 saturated heterocycles. The number of methoxy groups -OCH3 is 1. The van der Waals surface area contributed by atoms with Crippen molar-refractivity contribution >= 4 is 34.9 Å². The molecule has 3 heterocycles. The molecule has 5 rings (SSSR count). The SMILES string of the molecule is COc1ccc2c(c1)NC(O)C(CCCCC[C@@H]1CCCC1OC(=O)NC(C(=O)N1CC[C@@H](C)[C@H]1C(C)=O)C1(C)COC1)=N2. The summed E-state index contributed by atoms with van der Waals surface area (Å²) >= 11 is 0. The van der Waals surface area contributed by atoms with Crippen molar-refractivity contribution in [3.05, 3.63) is 18.2 Å². The highest BCUT2D eigenvalue weighted by atomic mass is 16.6. The Hall–Kier alpha value is -3.18. The third kappa shape index (κ3) is 7.04.